The van der Waals surface area contributed by atoms with Crippen LogP contribution in [-0.2, 0) is 11.2 Å². The van der Waals surface area contributed by atoms with Crippen LogP contribution in [0.1, 0.15) is 26.3 Å². The van der Waals surface area contributed by atoms with Gasteiger partial charge in [0.2, 0.25) is 5.91 Å². The Hall–Kier alpha value is -4.71. The molecule has 36 heavy (non-hydrogen) atoms. The average molecular weight is 478 g/mol. The highest BCUT2D eigenvalue weighted by atomic mass is 16.2. The van der Waals surface area contributed by atoms with Crippen molar-refractivity contribution in [2.75, 3.05) is 18.4 Å². The standard InChI is InChI=1S/C30H27N3O3/c34-28(21-22-11-13-24(14-12-22)23-7-3-1-4-8-23)33-27-17-15-26(16-18-27)30(36)32-20-19-31-29(35)25-9-5-2-6-10-25/h1-18H,19-21H2,(H,31,35)(H,32,36)(H,33,34). The molecule has 0 unspecified atom stereocenters. The summed E-state index contributed by atoms with van der Waals surface area (Å²) >= 11 is 0. The van der Waals surface area contributed by atoms with E-state index in [0.29, 0.717) is 29.9 Å². The summed E-state index contributed by atoms with van der Waals surface area (Å²) in [5.74, 6) is -0.564. The highest BCUT2D eigenvalue weighted by Crippen LogP contribution is 2.19. The molecule has 180 valence electrons. The molecule has 3 N–H and O–H groups in total. The molecule has 0 spiro atoms. The molecule has 0 aliphatic heterocycles. The highest BCUT2D eigenvalue weighted by molar-refractivity contribution is 5.96. The molecule has 4 rings (SSSR count). The van der Waals surface area contributed by atoms with Crippen LogP contribution in [0.4, 0.5) is 5.69 Å². The Morgan fingerprint density at radius 1 is 0.528 bits per heavy atom. The van der Waals surface area contributed by atoms with Gasteiger partial charge in [-0.25, -0.2) is 0 Å². The lowest BCUT2D eigenvalue weighted by Gasteiger charge is -2.09. The van der Waals surface area contributed by atoms with Crippen LogP contribution in [0.2, 0.25) is 0 Å². The van der Waals surface area contributed by atoms with Crippen molar-refractivity contribution in [2.45, 2.75) is 6.42 Å². The average Bonchev–Trinajstić information content (AvgIpc) is 2.92. The van der Waals surface area contributed by atoms with E-state index in [-0.39, 0.29) is 24.1 Å². The molecular formula is C30H27N3O3. The maximum atomic E-state index is 12.5. The Bertz CT molecular complexity index is 1300. The lowest BCUT2D eigenvalue weighted by Crippen LogP contribution is -2.34. The molecule has 0 bridgehead atoms. The Morgan fingerprint density at radius 2 is 1.03 bits per heavy atom. The molecule has 6 heteroatoms. The van der Waals surface area contributed by atoms with Crippen molar-refractivity contribution >= 4 is 23.4 Å². The zero-order chi connectivity index (χ0) is 25.2. The van der Waals surface area contributed by atoms with Crippen LogP contribution < -0.4 is 16.0 Å². The first kappa shape index (κ1) is 24.4. The summed E-state index contributed by atoms with van der Waals surface area (Å²) in [6.45, 7) is 0.624. The number of benzene rings is 4. The SMILES string of the molecule is O=C(Cc1ccc(-c2ccccc2)cc1)Nc1ccc(C(=O)NCCNC(=O)c2ccccc2)cc1. The molecule has 0 saturated carbocycles. The van der Waals surface area contributed by atoms with Crippen LogP contribution in [0.5, 0.6) is 0 Å². The van der Waals surface area contributed by atoms with E-state index in [2.05, 4.69) is 28.1 Å². The summed E-state index contributed by atoms with van der Waals surface area (Å²) in [5.41, 5.74) is 4.82. The third-order valence-corrected chi connectivity index (χ3v) is 5.59. The van der Waals surface area contributed by atoms with E-state index in [1.54, 1.807) is 48.5 Å². The van der Waals surface area contributed by atoms with Gasteiger partial charge in [0, 0.05) is 29.9 Å². The molecule has 3 amide bonds. The van der Waals surface area contributed by atoms with Crippen molar-refractivity contribution in [3.05, 3.63) is 126 Å². The normalized spacial score (nSPS) is 10.3. The second kappa shape index (κ2) is 12.1. The zero-order valence-corrected chi connectivity index (χ0v) is 19.7. The minimum atomic E-state index is -0.250. The summed E-state index contributed by atoms with van der Waals surface area (Å²) in [5, 5.41) is 8.41. The summed E-state index contributed by atoms with van der Waals surface area (Å²) in [4.78, 5) is 36.8. The molecule has 0 atom stereocenters. The van der Waals surface area contributed by atoms with E-state index in [0.717, 1.165) is 16.7 Å². The number of nitrogens with one attached hydrogen (secondary N) is 3. The van der Waals surface area contributed by atoms with Crippen LogP contribution in [0, 0.1) is 0 Å². The van der Waals surface area contributed by atoms with Crippen LogP contribution in [0.25, 0.3) is 11.1 Å². The van der Waals surface area contributed by atoms with Crippen LogP contribution in [0.15, 0.2) is 109 Å². The summed E-state index contributed by atoms with van der Waals surface area (Å²) in [6, 6.07) is 33.6. The maximum Gasteiger partial charge on any atom is 0.251 e. The lowest BCUT2D eigenvalue weighted by atomic mass is 10.0. The summed E-state index contributed by atoms with van der Waals surface area (Å²) in [7, 11) is 0. The Morgan fingerprint density at radius 3 is 1.61 bits per heavy atom. The number of hydrogen-bond donors (Lipinski definition) is 3. The first-order valence-corrected chi connectivity index (χ1v) is 11.7. The van der Waals surface area contributed by atoms with E-state index < -0.39 is 0 Å². The van der Waals surface area contributed by atoms with Gasteiger partial charge in [0.25, 0.3) is 11.8 Å². The number of rotatable bonds is 9. The van der Waals surface area contributed by atoms with E-state index in [4.69, 9.17) is 0 Å². The van der Waals surface area contributed by atoms with E-state index >= 15 is 0 Å². The third kappa shape index (κ3) is 6.90. The van der Waals surface area contributed by atoms with Crippen molar-refractivity contribution in [1.82, 2.24) is 10.6 Å². The fourth-order valence-corrected chi connectivity index (χ4v) is 3.69. The van der Waals surface area contributed by atoms with Gasteiger partial charge >= 0.3 is 0 Å². The van der Waals surface area contributed by atoms with Gasteiger partial charge in [-0.1, -0.05) is 72.8 Å². The van der Waals surface area contributed by atoms with Crippen LogP contribution >= 0.6 is 0 Å². The molecule has 0 heterocycles. The summed E-state index contributed by atoms with van der Waals surface area (Å²) in [6.07, 6.45) is 0.256. The van der Waals surface area contributed by atoms with E-state index in [1.807, 2.05) is 48.5 Å². The molecule has 0 saturated heterocycles. The Kier molecular flexibility index (Phi) is 8.22. The van der Waals surface area contributed by atoms with Gasteiger partial charge in [-0.05, 0) is 53.1 Å². The van der Waals surface area contributed by atoms with Crippen molar-refractivity contribution in [2.24, 2.45) is 0 Å². The molecule has 4 aromatic carbocycles. The molecule has 6 nitrogen and oxygen atoms in total. The van der Waals surface area contributed by atoms with Crippen molar-refractivity contribution in [1.29, 1.82) is 0 Å². The maximum absolute atomic E-state index is 12.5. The van der Waals surface area contributed by atoms with Gasteiger partial charge in [0.05, 0.1) is 6.42 Å². The van der Waals surface area contributed by atoms with Gasteiger partial charge < -0.3 is 16.0 Å². The number of amides is 3. The van der Waals surface area contributed by atoms with Crippen molar-refractivity contribution in [3.8, 4) is 11.1 Å². The van der Waals surface area contributed by atoms with E-state index in [1.165, 1.54) is 0 Å². The summed E-state index contributed by atoms with van der Waals surface area (Å²) < 4.78 is 0. The zero-order valence-electron chi connectivity index (χ0n) is 19.7. The molecule has 0 aliphatic rings. The van der Waals surface area contributed by atoms with Gasteiger partial charge in [-0.15, -0.1) is 0 Å². The number of anilines is 1. The highest BCUT2D eigenvalue weighted by Gasteiger charge is 2.09. The second-order valence-electron chi connectivity index (χ2n) is 8.24. The van der Waals surface area contributed by atoms with Gasteiger partial charge in [0.15, 0.2) is 0 Å². The molecule has 4 aromatic rings. The third-order valence-electron chi connectivity index (χ3n) is 5.59. The minimum absolute atomic E-state index is 0.131. The predicted molar refractivity (Wildman–Crippen MR) is 142 cm³/mol. The van der Waals surface area contributed by atoms with Crippen LogP contribution in [-0.4, -0.2) is 30.8 Å². The molecule has 0 aliphatic carbocycles. The monoisotopic (exact) mass is 477 g/mol. The topological polar surface area (TPSA) is 87.3 Å². The van der Waals surface area contributed by atoms with Gasteiger partial charge in [0.1, 0.15) is 0 Å². The largest absolute Gasteiger partial charge is 0.350 e. The predicted octanol–water partition coefficient (Wildman–Crippen LogP) is 4.69. The van der Waals surface area contributed by atoms with Crippen molar-refractivity contribution < 1.29 is 14.4 Å². The lowest BCUT2D eigenvalue weighted by molar-refractivity contribution is -0.115. The number of carbonyl (C=O) groups excluding carboxylic acids is 3. The number of carbonyl (C=O) groups is 3. The smallest absolute Gasteiger partial charge is 0.251 e. The minimum Gasteiger partial charge on any atom is -0.350 e. The number of hydrogen-bond acceptors (Lipinski definition) is 3. The van der Waals surface area contributed by atoms with Gasteiger partial charge in [-0.2, -0.15) is 0 Å². The van der Waals surface area contributed by atoms with Crippen LogP contribution in [0.3, 0.4) is 0 Å². The second-order valence-corrected chi connectivity index (χ2v) is 8.24. The fourth-order valence-electron chi connectivity index (χ4n) is 3.69. The van der Waals surface area contributed by atoms with Gasteiger partial charge in [-0.3, -0.25) is 14.4 Å². The fraction of sp³-hybridized carbons (Fsp3) is 0.100. The Labute approximate surface area is 210 Å². The molecule has 0 radical (unpaired) electrons. The van der Waals surface area contributed by atoms with E-state index in [9.17, 15) is 14.4 Å². The first-order chi connectivity index (χ1) is 17.6. The quantitative estimate of drug-likeness (QED) is 0.306. The molecule has 0 aromatic heterocycles. The molecular weight excluding hydrogens is 450 g/mol. The Balaban J connectivity index is 1.21. The van der Waals surface area contributed by atoms with Crippen molar-refractivity contribution in [3.63, 3.8) is 0 Å². The molecule has 0 fully saturated rings. The first-order valence-electron chi connectivity index (χ1n) is 11.7.